The van der Waals surface area contributed by atoms with Crippen molar-refractivity contribution in [3.63, 3.8) is 0 Å². The van der Waals surface area contributed by atoms with Crippen LogP contribution >= 0.6 is 0 Å². The molecule has 21 heavy (non-hydrogen) atoms. The molecule has 0 spiro atoms. The van der Waals surface area contributed by atoms with Gasteiger partial charge in [-0.05, 0) is 30.8 Å². The van der Waals surface area contributed by atoms with E-state index in [1.54, 1.807) is 0 Å². The van der Waals surface area contributed by atoms with Gasteiger partial charge in [0.1, 0.15) is 5.75 Å². The summed E-state index contributed by atoms with van der Waals surface area (Å²) in [7, 11) is -8.10. The van der Waals surface area contributed by atoms with Gasteiger partial charge in [-0.25, -0.2) is 13.1 Å². The zero-order valence-electron chi connectivity index (χ0n) is 10.5. The SMILES string of the molecule is CNS(=O)(=O)C=Cc1ccc(OS(=O)(=O)C(F)(F)F)cc1. The van der Waals surface area contributed by atoms with E-state index in [0.717, 1.165) is 17.5 Å². The molecular formula is C10H10F3NO5S2. The van der Waals surface area contributed by atoms with E-state index in [-0.39, 0.29) is 0 Å². The molecule has 1 rings (SSSR count). The fourth-order valence-corrected chi connectivity index (χ4v) is 1.98. The smallest absolute Gasteiger partial charge is 0.376 e. The van der Waals surface area contributed by atoms with Crippen molar-refractivity contribution >= 4 is 26.2 Å². The van der Waals surface area contributed by atoms with E-state index in [4.69, 9.17) is 0 Å². The summed E-state index contributed by atoms with van der Waals surface area (Å²) < 4.78 is 85.9. The molecule has 1 N–H and O–H groups in total. The Kier molecular flexibility index (Phi) is 5.02. The van der Waals surface area contributed by atoms with Crippen LogP contribution in [0.25, 0.3) is 6.08 Å². The Morgan fingerprint density at radius 1 is 1.10 bits per heavy atom. The van der Waals surface area contributed by atoms with Crippen molar-refractivity contribution in [1.82, 2.24) is 4.72 Å². The van der Waals surface area contributed by atoms with Crippen LogP contribution in [-0.4, -0.2) is 29.4 Å². The number of halogens is 3. The van der Waals surface area contributed by atoms with Gasteiger partial charge in [0.25, 0.3) is 0 Å². The van der Waals surface area contributed by atoms with Crippen molar-refractivity contribution < 1.29 is 34.2 Å². The van der Waals surface area contributed by atoms with Gasteiger partial charge in [0.15, 0.2) is 0 Å². The highest BCUT2D eigenvalue weighted by Gasteiger charge is 2.48. The van der Waals surface area contributed by atoms with Crippen LogP contribution in [0.2, 0.25) is 0 Å². The number of alkyl halides is 3. The Labute approximate surface area is 119 Å². The van der Waals surface area contributed by atoms with Crippen LogP contribution in [0.3, 0.4) is 0 Å². The lowest BCUT2D eigenvalue weighted by atomic mass is 10.2. The third-order valence-electron chi connectivity index (χ3n) is 2.09. The Hall–Kier alpha value is -1.59. The summed E-state index contributed by atoms with van der Waals surface area (Å²) in [5, 5.41) is 0.843. The van der Waals surface area contributed by atoms with Crippen molar-refractivity contribution in [2.75, 3.05) is 7.05 Å². The summed E-state index contributed by atoms with van der Waals surface area (Å²) >= 11 is 0. The fourth-order valence-electron chi connectivity index (χ4n) is 1.04. The third kappa shape index (κ3) is 5.02. The molecule has 118 valence electrons. The maximum atomic E-state index is 12.1. The van der Waals surface area contributed by atoms with E-state index in [2.05, 4.69) is 4.18 Å². The molecule has 0 bridgehead atoms. The maximum absolute atomic E-state index is 12.1. The standard InChI is InChI=1S/C10H10F3NO5S2/c1-14-20(15,16)7-6-8-2-4-9(5-3-8)19-21(17,18)10(11,12)13/h2-7,14H,1H3. The lowest BCUT2D eigenvalue weighted by Gasteiger charge is -2.09. The van der Waals surface area contributed by atoms with Crippen LogP contribution in [0.5, 0.6) is 5.75 Å². The zero-order valence-corrected chi connectivity index (χ0v) is 12.1. The predicted octanol–water partition coefficient (Wildman–Crippen LogP) is 1.43. The van der Waals surface area contributed by atoms with E-state index < -0.39 is 31.4 Å². The molecular weight excluding hydrogens is 335 g/mol. The Bertz CT molecular complexity index is 721. The van der Waals surface area contributed by atoms with Gasteiger partial charge >= 0.3 is 15.6 Å². The van der Waals surface area contributed by atoms with Crippen LogP contribution in [0, 0.1) is 0 Å². The molecule has 0 unspecified atom stereocenters. The minimum absolute atomic E-state index is 0.325. The van der Waals surface area contributed by atoms with Gasteiger partial charge in [0, 0.05) is 5.41 Å². The first-order chi connectivity index (χ1) is 9.47. The van der Waals surface area contributed by atoms with Crippen molar-refractivity contribution in [3.8, 4) is 5.75 Å². The van der Waals surface area contributed by atoms with Crippen molar-refractivity contribution in [1.29, 1.82) is 0 Å². The minimum atomic E-state index is -5.73. The van der Waals surface area contributed by atoms with E-state index in [0.29, 0.717) is 5.56 Å². The molecule has 0 atom stereocenters. The Morgan fingerprint density at radius 2 is 1.62 bits per heavy atom. The van der Waals surface area contributed by atoms with Crippen molar-refractivity contribution in [2.45, 2.75) is 5.51 Å². The number of benzene rings is 1. The summed E-state index contributed by atoms with van der Waals surface area (Å²) in [6.45, 7) is 0. The Balaban J connectivity index is 2.90. The maximum Gasteiger partial charge on any atom is 0.534 e. The van der Waals surface area contributed by atoms with Gasteiger partial charge in [-0.3, -0.25) is 0 Å². The van der Waals surface area contributed by atoms with Crippen LogP contribution in [-0.2, 0) is 20.1 Å². The van der Waals surface area contributed by atoms with Gasteiger partial charge in [-0.2, -0.15) is 21.6 Å². The number of rotatable bonds is 5. The molecule has 0 aliphatic carbocycles. The largest absolute Gasteiger partial charge is 0.534 e. The average Bonchev–Trinajstić information content (AvgIpc) is 2.36. The lowest BCUT2D eigenvalue weighted by Crippen LogP contribution is -2.28. The normalized spacial score (nSPS) is 13.5. The van der Waals surface area contributed by atoms with Crippen molar-refractivity contribution in [2.24, 2.45) is 0 Å². The molecule has 1 aromatic rings. The number of sulfonamides is 1. The van der Waals surface area contributed by atoms with Crippen LogP contribution < -0.4 is 8.91 Å². The summed E-state index contributed by atoms with van der Waals surface area (Å²) in [5.41, 5.74) is -5.20. The summed E-state index contributed by atoms with van der Waals surface area (Å²) in [5.74, 6) is -0.541. The summed E-state index contributed by atoms with van der Waals surface area (Å²) in [6.07, 6.45) is 1.17. The monoisotopic (exact) mass is 345 g/mol. The highest BCUT2D eigenvalue weighted by molar-refractivity contribution is 7.92. The van der Waals surface area contributed by atoms with Gasteiger partial charge in [0.05, 0.1) is 0 Å². The molecule has 0 fully saturated rings. The first-order valence-electron chi connectivity index (χ1n) is 5.19. The second-order valence-electron chi connectivity index (χ2n) is 3.60. The topological polar surface area (TPSA) is 89.5 Å². The molecule has 0 aliphatic rings. The molecule has 0 saturated heterocycles. The summed E-state index contributed by atoms with van der Waals surface area (Å²) in [4.78, 5) is 0. The van der Waals surface area contributed by atoms with Gasteiger partial charge in [-0.1, -0.05) is 12.1 Å². The minimum Gasteiger partial charge on any atom is -0.376 e. The summed E-state index contributed by atoms with van der Waals surface area (Å²) in [6, 6.07) is 4.33. The van der Waals surface area contributed by atoms with Gasteiger partial charge in [-0.15, -0.1) is 0 Å². The third-order valence-corrected chi connectivity index (χ3v) is 4.14. The fraction of sp³-hybridized carbons (Fsp3) is 0.200. The molecule has 6 nitrogen and oxygen atoms in total. The van der Waals surface area contributed by atoms with E-state index in [1.165, 1.54) is 25.3 Å². The first-order valence-corrected chi connectivity index (χ1v) is 8.15. The number of nitrogens with one attached hydrogen (secondary N) is 1. The zero-order chi connectivity index (χ0) is 16.3. The number of hydrogen-bond donors (Lipinski definition) is 1. The second-order valence-corrected chi connectivity index (χ2v) is 6.91. The molecule has 0 aromatic heterocycles. The second kappa shape index (κ2) is 6.03. The van der Waals surface area contributed by atoms with Gasteiger partial charge in [0.2, 0.25) is 10.0 Å². The van der Waals surface area contributed by atoms with Crippen molar-refractivity contribution in [3.05, 3.63) is 35.2 Å². The molecule has 0 heterocycles. The van der Waals surface area contributed by atoms with E-state index in [1.807, 2.05) is 4.72 Å². The molecule has 0 radical (unpaired) electrons. The predicted molar refractivity (Wildman–Crippen MR) is 69.1 cm³/mol. The molecule has 0 saturated carbocycles. The molecule has 11 heteroatoms. The highest BCUT2D eigenvalue weighted by atomic mass is 32.2. The highest BCUT2D eigenvalue weighted by Crippen LogP contribution is 2.27. The quantitative estimate of drug-likeness (QED) is 0.644. The van der Waals surface area contributed by atoms with E-state index in [9.17, 15) is 30.0 Å². The lowest BCUT2D eigenvalue weighted by molar-refractivity contribution is -0.0500. The van der Waals surface area contributed by atoms with Crippen LogP contribution in [0.4, 0.5) is 13.2 Å². The average molecular weight is 345 g/mol. The van der Waals surface area contributed by atoms with Crippen LogP contribution in [0.15, 0.2) is 29.7 Å². The Morgan fingerprint density at radius 3 is 2.05 bits per heavy atom. The van der Waals surface area contributed by atoms with E-state index >= 15 is 0 Å². The molecule has 1 aromatic carbocycles. The number of hydrogen-bond acceptors (Lipinski definition) is 5. The first kappa shape index (κ1) is 17.5. The molecule has 0 amide bonds. The van der Waals surface area contributed by atoms with Crippen LogP contribution in [0.1, 0.15) is 5.56 Å². The molecule has 0 aliphatic heterocycles. The van der Waals surface area contributed by atoms with Gasteiger partial charge < -0.3 is 4.18 Å².